The predicted octanol–water partition coefficient (Wildman–Crippen LogP) is 5.96. The molecule has 1 N–H and O–H groups in total. The predicted molar refractivity (Wildman–Crippen MR) is 136 cm³/mol. The van der Waals surface area contributed by atoms with E-state index in [-0.39, 0.29) is 27.9 Å². The van der Waals surface area contributed by atoms with E-state index < -0.39 is 35.2 Å². The number of hydrogen-bond donors (Lipinski definition) is 1. The van der Waals surface area contributed by atoms with Crippen LogP contribution in [-0.4, -0.2) is 50.2 Å². The van der Waals surface area contributed by atoms with Crippen molar-refractivity contribution in [2.75, 3.05) is 7.05 Å². The maximum absolute atomic E-state index is 16.3. The Balaban J connectivity index is 1.98. The number of benzene rings is 2. The minimum atomic E-state index is -1.18. The van der Waals surface area contributed by atoms with Gasteiger partial charge in [-0.25, -0.2) is 27.8 Å². The van der Waals surface area contributed by atoms with Crippen molar-refractivity contribution in [3.05, 3.63) is 83.1 Å². The van der Waals surface area contributed by atoms with Crippen LogP contribution in [0.25, 0.3) is 27.9 Å². The van der Waals surface area contributed by atoms with Crippen molar-refractivity contribution in [1.29, 1.82) is 0 Å². The van der Waals surface area contributed by atoms with Crippen molar-refractivity contribution in [3.8, 4) is 22.4 Å². The molecule has 0 saturated heterocycles. The fourth-order valence-corrected chi connectivity index (χ4v) is 3.95. The molecule has 0 radical (unpaired) electrons. The van der Waals surface area contributed by atoms with Gasteiger partial charge in [-0.2, -0.15) is 5.10 Å². The number of carbonyl (C=O) groups is 3. The highest BCUT2D eigenvalue weighted by atomic mass is 19.1. The number of amides is 2. The van der Waals surface area contributed by atoms with E-state index in [1.807, 2.05) is 0 Å². The highest BCUT2D eigenvalue weighted by Gasteiger charge is 2.32. The number of aromatic nitrogens is 2. The lowest BCUT2D eigenvalue weighted by atomic mass is 9.97. The van der Waals surface area contributed by atoms with Gasteiger partial charge in [-0.1, -0.05) is 6.07 Å². The van der Waals surface area contributed by atoms with Crippen LogP contribution in [0.3, 0.4) is 0 Å². The van der Waals surface area contributed by atoms with Crippen molar-refractivity contribution in [3.63, 3.8) is 0 Å². The number of halogens is 2. The lowest BCUT2D eigenvalue weighted by molar-refractivity contribution is 0.0285. The molecule has 0 aliphatic rings. The Labute approximate surface area is 217 Å². The summed E-state index contributed by atoms with van der Waals surface area (Å²) in [4.78, 5) is 38.6. The molecular formula is C28H25F2N3O5. The van der Waals surface area contributed by atoms with Crippen molar-refractivity contribution >= 4 is 23.5 Å². The molecule has 10 heteroatoms. The van der Waals surface area contributed by atoms with Crippen LogP contribution in [-0.2, 0) is 4.74 Å². The van der Waals surface area contributed by atoms with Gasteiger partial charge in [0.25, 0.3) is 5.91 Å². The van der Waals surface area contributed by atoms with Gasteiger partial charge in [0.05, 0.1) is 11.1 Å². The number of imide groups is 1. The van der Waals surface area contributed by atoms with Crippen molar-refractivity contribution in [2.24, 2.45) is 0 Å². The number of aromatic carboxylic acids is 1. The summed E-state index contributed by atoms with van der Waals surface area (Å²) in [6, 6.07) is 10.9. The summed E-state index contributed by atoms with van der Waals surface area (Å²) in [6.45, 7) is 6.62. The molecule has 0 bridgehead atoms. The molecule has 2 aromatic carbocycles. The van der Waals surface area contributed by atoms with Crippen LogP contribution in [0.15, 0.2) is 54.7 Å². The highest BCUT2D eigenvalue weighted by molar-refractivity contribution is 6.11. The molecular weight excluding hydrogens is 496 g/mol. The van der Waals surface area contributed by atoms with E-state index >= 15 is 4.39 Å². The average molecular weight is 522 g/mol. The van der Waals surface area contributed by atoms with Gasteiger partial charge in [0.15, 0.2) is 5.82 Å². The van der Waals surface area contributed by atoms with Crippen LogP contribution < -0.4 is 0 Å². The number of fused-ring (bicyclic) bond motifs is 1. The van der Waals surface area contributed by atoms with Gasteiger partial charge < -0.3 is 9.84 Å². The minimum absolute atomic E-state index is 0.0254. The van der Waals surface area contributed by atoms with Crippen molar-refractivity contribution < 1.29 is 33.0 Å². The largest absolute Gasteiger partial charge is 0.478 e. The third kappa shape index (κ3) is 4.97. The Hall–Kier alpha value is -4.60. The molecule has 4 aromatic rings. The normalized spacial score (nSPS) is 11.4. The van der Waals surface area contributed by atoms with Crippen LogP contribution in [0.1, 0.15) is 47.1 Å². The first-order chi connectivity index (χ1) is 17.8. The molecule has 0 aliphatic carbocycles. The van der Waals surface area contributed by atoms with E-state index in [1.54, 1.807) is 33.8 Å². The zero-order valence-electron chi connectivity index (χ0n) is 21.4. The fourth-order valence-electron chi connectivity index (χ4n) is 3.95. The van der Waals surface area contributed by atoms with E-state index in [2.05, 4.69) is 5.10 Å². The molecule has 196 valence electrons. The van der Waals surface area contributed by atoms with Crippen LogP contribution in [0.2, 0.25) is 0 Å². The Morgan fingerprint density at radius 3 is 2.26 bits per heavy atom. The van der Waals surface area contributed by atoms with Gasteiger partial charge in [-0.05, 0) is 81.3 Å². The Morgan fingerprint density at radius 2 is 1.66 bits per heavy atom. The number of rotatable bonds is 4. The van der Waals surface area contributed by atoms with Gasteiger partial charge in [-0.3, -0.25) is 4.79 Å². The first-order valence-corrected chi connectivity index (χ1v) is 11.6. The lowest BCUT2D eigenvalue weighted by Crippen LogP contribution is -2.38. The summed E-state index contributed by atoms with van der Waals surface area (Å²) in [6.07, 6.45) is 0.478. The standard InChI is InChI=1S/C28H25F2N3O5/c1-15-6-7-17(26(35)36)14-20(15)19-12-13-33-24(22(19)30)21(23(31-33)16-8-10-18(29)11-9-16)25(34)32(5)27(37)38-28(2,3)4/h6-14H,1-5H3,(H,35,36). The number of carbonyl (C=O) groups excluding carboxylic acids is 2. The third-order valence-corrected chi connectivity index (χ3v) is 5.82. The summed E-state index contributed by atoms with van der Waals surface area (Å²) in [5.41, 5.74) is -0.0952. The zero-order chi connectivity index (χ0) is 27.9. The molecule has 0 fully saturated rings. The van der Waals surface area contributed by atoms with E-state index in [0.717, 1.165) is 9.42 Å². The van der Waals surface area contributed by atoms with Gasteiger partial charge in [-0.15, -0.1) is 0 Å². The van der Waals surface area contributed by atoms with Crippen LogP contribution in [0, 0.1) is 18.6 Å². The second-order valence-electron chi connectivity index (χ2n) is 9.75. The van der Waals surface area contributed by atoms with Crippen LogP contribution in [0.5, 0.6) is 0 Å². The molecule has 0 atom stereocenters. The Morgan fingerprint density at radius 1 is 1.00 bits per heavy atom. The van der Waals surface area contributed by atoms with E-state index in [4.69, 9.17) is 4.74 Å². The van der Waals surface area contributed by atoms with Gasteiger partial charge >= 0.3 is 12.1 Å². The molecule has 4 rings (SSSR count). The number of ether oxygens (including phenoxy) is 1. The quantitative estimate of drug-likeness (QED) is 0.356. The summed E-state index contributed by atoms with van der Waals surface area (Å²) in [5, 5.41) is 13.8. The van der Waals surface area contributed by atoms with E-state index in [1.165, 1.54) is 55.7 Å². The van der Waals surface area contributed by atoms with Gasteiger partial charge in [0.2, 0.25) is 0 Å². The maximum Gasteiger partial charge on any atom is 0.417 e. The number of carboxylic acids is 1. The van der Waals surface area contributed by atoms with Crippen molar-refractivity contribution in [2.45, 2.75) is 33.3 Å². The molecule has 0 aliphatic heterocycles. The molecule has 2 heterocycles. The second-order valence-corrected chi connectivity index (χ2v) is 9.75. The fraction of sp³-hybridized carbons (Fsp3) is 0.214. The minimum Gasteiger partial charge on any atom is -0.478 e. The smallest absolute Gasteiger partial charge is 0.417 e. The first kappa shape index (κ1) is 26.5. The average Bonchev–Trinajstić information content (AvgIpc) is 3.23. The molecule has 8 nitrogen and oxygen atoms in total. The number of carboxylic acid groups (broad SMARTS) is 1. The SMILES string of the molecule is Cc1ccc(C(=O)O)cc1-c1ccn2nc(-c3ccc(F)cc3)c(C(=O)N(C)C(=O)OC(C)(C)C)c2c1F. The topological polar surface area (TPSA) is 101 Å². The zero-order valence-corrected chi connectivity index (χ0v) is 21.4. The van der Waals surface area contributed by atoms with E-state index in [9.17, 15) is 23.9 Å². The van der Waals surface area contributed by atoms with Crippen LogP contribution >= 0.6 is 0 Å². The monoisotopic (exact) mass is 521 g/mol. The molecule has 0 spiro atoms. The first-order valence-electron chi connectivity index (χ1n) is 11.6. The summed E-state index contributed by atoms with van der Waals surface area (Å²) in [7, 11) is 1.20. The molecule has 0 unspecified atom stereocenters. The number of hydrogen-bond acceptors (Lipinski definition) is 5. The Bertz CT molecular complexity index is 1590. The van der Waals surface area contributed by atoms with Gasteiger partial charge in [0.1, 0.15) is 22.6 Å². The van der Waals surface area contributed by atoms with Crippen molar-refractivity contribution in [1.82, 2.24) is 14.5 Å². The maximum atomic E-state index is 16.3. The molecule has 0 saturated carbocycles. The molecule has 2 amide bonds. The van der Waals surface area contributed by atoms with E-state index in [0.29, 0.717) is 16.7 Å². The summed E-state index contributed by atoms with van der Waals surface area (Å²) < 4.78 is 36.4. The number of pyridine rings is 1. The second kappa shape index (κ2) is 9.70. The summed E-state index contributed by atoms with van der Waals surface area (Å²) in [5.74, 6) is -3.43. The third-order valence-electron chi connectivity index (χ3n) is 5.82. The summed E-state index contributed by atoms with van der Waals surface area (Å²) >= 11 is 0. The number of aryl methyl sites for hydroxylation is 1. The lowest BCUT2D eigenvalue weighted by Gasteiger charge is -2.23. The highest BCUT2D eigenvalue weighted by Crippen LogP contribution is 2.35. The van der Waals surface area contributed by atoms with Gasteiger partial charge in [0, 0.05) is 24.4 Å². The molecule has 2 aromatic heterocycles. The number of nitrogens with zero attached hydrogens (tertiary/aromatic N) is 3. The Kier molecular flexibility index (Phi) is 6.75. The molecule has 38 heavy (non-hydrogen) atoms. The van der Waals surface area contributed by atoms with Crippen LogP contribution in [0.4, 0.5) is 13.6 Å².